The molecule has 0 amide bonds. The molecule has 0 spiro atoms. The maximum absolute atomic E-state index is 6.08. The van der Waals surface area contributed by atoms with Gasteiger partial charge < -0.3 is 10.1 Å². The average molecular weight is 254 g/mol. The molecule has 2 rings (SSSR count). The van der Waals surface area contributed by atoms with E-state index in [1.54, 1.807) is 7.11 Å². The van der Waals surface area contributed by atoms with Crippen molar-refractivity contribution in [1.29, 1.82) is 0 Å². The SMILES string of the molecule is COCc1ccc(Cl)cc1CC1CCNCC1. The van der Waals surface area contributed by atoms with Crippen molar-refractivity contribution in [3.63, 3.8) is 0 Å². The molecule has 3 heteroatoms. The minimum Gasteiger partial charge on any atom is -0.380 e. The summed E-state index contributed by atoms with van der Waals surface area (Å²) in [5.74, 6) is 0.783. The van der Waals surface area contributed by atoms with E-state index in [-0.39, 0.29) is 0 Å². The fourth-order valence-electron chi connectivity index (χ4n) is 2.48. The van der Waals surface area contributed by atoms with Crippen LogP contribution in [0.15, 0.2) is 18.2 Å². The molecule has 0 unspecified atom stereocenters. The number of rotatable bonds is 4. The second kappa shape index (κ2) is 6.39. The van der Waals surface area contributed by atoms with Crippen LogP contribution in [-0.2, 0) is 17.8 Å². The first-order valence-corrected chi connectivity index (χ1v) is 6.64. The van der Waals surface area contributed by atoms with Crippen molar-refractivity contribution < 1.29 is 4.74 Å². The Bertz CT molecular complexity index is 361. The van der Waals surface area contributed by atoms with Gasteiger partial charge in [-0.25, -0.2) is 0 Å². The minimum atomic E-state index is 0.678. The Morgan fingerprint density at radius 2 is 2.06 bits per heavy atom. The van der Waals surface area contributed by atoms with Gasteiger partial charge in [-0.05, 0) is 61.5 Å². The van der Waals surface area contributed by atoms with Crippen LogP contribution in [-0.4, -0.2) is 20.2 Å². The molecular weight excluding hydrogens is 234 g/mol. The molecule has 1 heterocycles. The molecule has 0 atom stereocenters. The van der Waals surface area contributed by atoms with Crippen molar-refractivity contribution in [3.8, 4) is 0 Å². The summed E-state index contributed by atoms with van der Waals surface area (Å²) in [4.78, 5) is 0. The summed E-state index contributed by atoms with van der Waals surface area (Å²) in [5, 5.41) is 4.23. The zero-order valence-corrected chi connectivity index (χ0v) is 11.1. The lowest BCUT2D eigenvalue weighted by Gasteiger charge is -2.23. The first-order chi connectivity index (χ1) is 8.29. The second-order valence-electron chi connectivity index (χ2n) is 4.74. The summed E-state index contributed by atoms with van der Waals surface area (Å²) < 4.78 is 5.24. The predicted molar refractivity (Wildman–Crippen MR) is 71.5 cm³/mol. The molecule has 1 aromatic carbocycles. The van der Waals surface area contributed by atoms with Gasteiger partial charge in [-0.1, -0.05) is 17.7 Å². The number of nitrogens with one attached hydrogen (secondary N) is 1. The van der Waals surface area contributed by atoms with Crippen molar-refractivity contribution >= 4 is 11.6 Å². The third-order valence-electron chi connectivity index (χ3n) is 3.44. The van der Waals surface area contributed by atoms with Crippen LogP contribution in [0.4, 0.5) is 0 Å². The largest absolute Gasteiger partial charge is 0.380 e. The minimum absolute atomic E-state index is 0.678. The van der Waals surface area contributed by atoms with Crippen LogP contribution in [0.3, 0.4) is 0 Å². The summed E-state index contributed by atoms with van der Waals surface area (Å²) in [6.45, 7) is 2.97. The van der Waals surface area contributed by atoms with Crippen molar-refractivity contribution in [1.82, 2.24) is 5.32 Å². The summed E-state index contributed by atoms with van der Waals surface area (Å²) in [6, 6.07) is 6.13. The van der Waals surface area contributed by atoms with E-state index in [9.17, 15) is 0 Å². The lowest BCUT2D eigenvalue weighted by atomic mass is 9.89. The van der Waals surface area contributed by atoms with E-state index in [1.165, 1.54) is 24.0 Å². The van der Waals surface area contributed by atoms with E-state index in [2.05, 4.69) is 17.4 Å². The lowest BCUT2D eigenvalue weighted by Crippen LogP contribution is -2.28. The first-order valence-electron chi connectivity index (χ1n) is 6.26. The fourth-order valence-corrected chi connectivity index (χ4v) is 2.67. The van der Waals surface area contributed by atoms with Crippen LogP contribution in [0, 0.1) is 5.92 Å². The third-order valence-corrected chi connectivity index (χ3v) is 3.67. The normalized spacial score (nSPS) is 17.3. The zero-order chi connectivity index (χ0) is 12.1. The lowest BCUT2D eigenvalue weighted by molar-refractivity contribution is 0.183. The van der Waals surface area contributed by atoms with E-state index in [0.717, 1.165) is 30.5 Å². The summed E-state index contributed by atoms with van der Waals surface area (Å²) in [6.07, 6.45) is 3.65. The van der Waals surface area contributed by atoms with Gasteiger partial charge in [0, 0.05) is 12.1 Å². The Kier molecular flexibility index (Phi) is 4.84. The van der Waals surface area contributed by atoms with Crippen LogP contribution in [0.1, 0.15) is 24.0 Å². The topological polar surface area (TPSA) is 21.3 Å². The highest BCUT2D eigenvalue weighted by atomic mass is 35.5. The standard InChI is InChI=1S/C14H20ClNO/c1-17-10-12-2-3-14(15)9-13(12)8-11-4-6-16-7-5-11/h2-3,9,11,16H,4-8,10H2,1H3. The van der Waals surface area contributed by atoms with Crippen molar-refractivity contribution in [2.45, 2.75) is 25.9 Å². The molecule has 1 saturated heterocycles. The average Bonchev–Trinajstić information content (AvgIpc) is 2.34. The molecule has 0 radical (unpaired) electrons. The number of ether oxygens (including phenoxy) is 1. The molecular formula is C14H20ClNO. The quantitative estimate of drug-likeness (QED) is 0.891. The van der Waals surface area contributed by atoms with Gasteiger partial charge in [-0.15, -0.1) is 0 Å². The number of piperidine rings is 1. The van der Waals surface area contributed by atoms with E-state index in [1.807, 2.05) is 6.07 Å². The van der Waals surface area contributed by atoms with Gasteiger partial charge in [-0.2, -0.15) is 0 Å². The predicted octanol–water partition coefficient (Wildman–Crippen LogP) is 3.03. The fraction of sp³-hybridized carbons (Fsp3) is 0.571. The molecule has 17 heavy (non-hydrogen) atoms. The molecule has 1 N–H and O–H groups in total. The highest BCUT2D eigenvalue weighted by molar-refractivity contribution is 6.30. The van der Waals surface area contributed by atoms with Crippen LogP contribution >= 0.6 is 11.6 Å². The van der Waals surface area contributed by atoms with Crippen LogP contribution in [0.5, 0.6) is 0 Å². The van der Waals surface area contributed by atoms with Crippen LogP contribution in [0.2, 0.25) is 5.02 Å². The van der Waals surface area contributed by atoms with E-state index in [4.69, 9.17) is 16.3 Å². The number of benzene rings is 1. The first kappa shape index (κ1) is 12.9. The molecule has 0 aromatic heterocycles. The molecule has 1 aliphatic heterocycles. The van der Waals surface area contributed by atoms with Gasteiger partial charge in [0.1, 0.15) is 0 Å². The maximum atomic E-state index is 6.08. The highest BCUT2D eigenvalue weighted by Crippen LogP contribution is 2.23. The van der Waals surface area contributed by atoms with Crippen molar-refractivity contribution in [2.24, 2.45) is 5.92 Å². The number of hydrogen-bond donors (Lipinski definition) is 1. The Hall–Kier alpha value is -0.570. The van der Waals surface area contributed by atoms with Crippen molar-refractivity contribution in [2.75, 3.05) is 20.2 Å². The maximum Gasteiger partial charge on any atom is 0.0715 e. The van der Waals surface area contributed by atoms with Gasteiger partial charge in [0.15, 0.2) is 0 Å². The summed E-state index contributed by atoms with van der Waals surface area (Å²) in [7, 11) is 1.74. The summed E-state index contributed by atoms with van der Waals surface area (Å²) >= 11 is 6.08. The second-order valence-corrected chi connectivity index (χ2v) is 5.18. The van der Waals surface area contributed by atoms with Gasteiger partial charge in [0.25, 0.3) is 0 Å². The van der Waals surface area contributed by atoms with Crippen LogP contribution < -0.4 is 5.32 Å². The third kappa shape index (κ3) is 3.70. The Morgan fingerprint density at radius 1 is 1.29 bits per heavy atom. The van der Waals surface area contributed by atoms with Crippen LogP contribution in [0.25, 0.3) is 0 Å². The molecule has 2 nitrogen and oxygen atoms in total. The number of halogens is 1. The van der Waals surface area contributed by atoms with Crippen molar-refractivity contribution in [3.05, 3.63) is 34.3 Å². The van der Waals surface area contributed by atoms with E-state index < -0.39 is 0 Å². The Balaban J connectivity index is 2.08. The molecule has 0 saturated carbocycles. The van der Waals surface area contributed by atoms with Gasteiger partial charge in [0.05, 0.1) is 6.61 Å². The number of hydrogen-bond acceptors (Lipinski definition) is 2. The van der Waals surface area contributed by atoms with E-state index in [0.29, 0.717) is 6.61 Å². The zero-order valence-electron chi connectivity index (χ0n) is 10.3. The van der Waals surface area contributed by atoms with Gasteiger partial charge in [0.2, 0.25) is 0 Å². The molecule has 1 fully saturated rings. The molecule has 1 aliphatic rings. The van der Waals surface area contributed by atoms with Gasteiger partial charge in [-0.3, -0.25) is 0 Å². The van der Waals surface area contributed by atoms with Gasteiger partial charge >= 0.3 is 0 Å². The Morgan fingerprint density at radius 3 is 2.76 bits per heavy atom. The van der Waals surface area contributed by atoms with E-state index >= 15 is 0 Å². The molecule has 94 valence electrons. The Labute approximate surface area is 108 Å². The molecule has 1 aromatic rings. The monoisotopic (exact) mass is 253 g/mol. The molecule has 0 aliphatic carbocycles. The number of methoxy groups -OCH3 is 1. The highest BCUT2D eigenvalue weighted by Gasteiger charge is 2.15. The summed E-state index contributed by atoms with van der Waals surface area (Å²) in [5.41, 5.74) is 2.63. The smallest absolute Gasteiger partial charge is 0.0715 e. The molecule has 0 bridgehead atoms.